The van der Waals surface area contributed by atoms with E-state index in [0.29, 0.717) is 12.5 Å². The molecule has 4 heteroatoms. The summed E-state index contributed by atoms with van der Waals surface area (Å²) in [4.78, 5) is 0. The summed E-state index contributed by atoms with van der Waals surface area (Å²) in [5.41, 5.74) is 4.51. The van der Waals surface area contributed by atoms with Crippen molar-refractivity contribution in [1.29, 1.82) is 0 Å². The monoisotopic (exact) mass is 353 g/mol. The molecule has 0 aliphatic rings. The Kier molecular flexibility index (Phi) is 5.47. The number of fused-ring (bicyclic) bond motifs is 1. The number of ether oxygens (including phenoxy) is 1. The van der Waals surface area contributed by atoms with E-state index in [4.69, 9.17) is 9.15 Å². The number of furan rings is 1. The first-order valence-corrected chi connectivity index (χ1v) is 8.14. The van der Waals surface area contributed by atoms with E-state index in [1.54, 1.807) is 7.11 Å². The second kappa shape index (κ2) is 6.95. The largest absolute Gasteiger partial charge is 0.459 e. The third kappa shape index (κ3) is 3.50. The Morgan fingerprint density at radius 2 is 2.05 bits per heavy atom. The third-order valence-electron chi connectivity index (χ3n) is 3.64. The first kappa shape index (κ1) is 16.5. The van der Waals surface area contributed by atoms with Gasteiger partial charge in [0.25, 0.3) is 0 Å². The van der Waals surface area contributed by atoms with Crippen LogP contribution in [0.3, 0.4) is 0 Å². The van der Waals surface area contributed by atoms with E-state index in [0.717, 1.165) is 34.5 Å². The van der Waals surface area contributed by atoms with Crippen LogP contribution >= 0.6 is 15.9 Å². The van der Waals surface area contributed by atoms with Crippen molar-refractivity contribution < 1.29 is 9.15 Å². The average molecular weight is 354 g/mol. The second-order valence-corrected chi connectivity index (χ2v) is 6.76. The van der Waals surface area contributed by atoms with Crippen LogP contribution < -0.4 is 5.32 Å². The lowest BCUT2D eigenvalue weighted by atomic mass is 10.0. The smallest absolute Gasteiger partial charge is 0.135 e. The molecule has 0 atom stereocenters. The van der Waals surface area contributed by atoms with Crippen LogP contribution in [0, 0.1) is 19.8 Å². The molecule has 0 amide bonds. The molecule has 3 nitrogen and oxygen atoms in total. The average Bonchev–Trinajstić information content (AvgIpc) is 2.74. The van der Waals surface area contributed by atoms with Crippen LogP contribution in [0.25, 0.3) is 11.0 Å². The molecule has 0 aliphatic heterocycles. The predicted molar refractivity (Wildman–Crippen MR) is 90.6 cm³/mol. The molecule has 1 aromatic carbocycles. The number of halogens is 1. The van der Waals surface area contributed by atoms with Gasteiger partial charge in [-0.1, -0.05) is 29.8 Å². The molecule has 0 aliphatic carbocycles. The molecule has 21 heavy (non-hydrogen) atoms. The number of benzene rings is 1. The Morgan fingerprint density at radius 1 is 1.33 bits per heavy atom. The van der Waals surface area contributed by atoms with Gasteiger partial charge in [0.05, 0.1) is 13.2 Å². The first-order valence-electron chi connectivity index (χ1n) is 7.35. The summed E-state index contributed by atoms with van der Waals surface area (Å²) in [6, 6.07) is 2.09. The molecule has 0 saturated carbocycles. The van der Waals surface area contributed by atoms with Gasteiger partial charge in [-0.2, -0.15) is 0 Å². The van der Waals surface area contributed by atoms with Crippen LogP contribution in [0.15, 0.2) is 15.0 Å². The van der Waals surface area contributed by atoms with Crippen LogP contribution in [-0.2, 0) is 17.9 Å². The summed E-state index contributed by atoms with van der Waals surface area (Å²) in [5.74, 6) is 1.60. The summed E-state index contributed by atoms with van der Waals surface area (Å²) < 4.78 is 12.6. The Balaban J connectivity index is 2.45. The van der Waals surface area contributed by atoms with Gasteiger partial charge in [0.2, 0.25) is 0 Å². The van der Waals surface area contributed by atoms with Crippen molar-refractivity contribution in [2.45, 2.75) is 40.8 Å². The van der Waals surface area contributed by atoms with Crippen molar-refractivity contribution in [1.82, 2.24) is 5.32 Å². The number of hydrogen-bond acceptors (Lipinski definition) is 3. The Bertz CT molecular complexity index is 631. The Morgan fingerprint density at radius 3 is 2.67 bits per heavy atom. The highest BCUT2D eigenvalue weighted by Crippen LogP contribution is 2.35. The molecule has 0 radical (unpaired) electrons. The minimum Gasteiger partial charge on any atom is -0.459 e. The van der Waals surface area contributed by atoms with Crippen LogP contribution in [0.1, 0.15) is 36.3 Å². The molecule has 1 N–H and O–H groups in total. The molecule has 0 fully saturated rings. The summed E-state index contributed by atoms with van der Waals surface area (Å²) in [7, 11) is 1.72. The van der Waals surface area contributed by atoms with Crippen molar-refractivity contribution in [2.24, 2.45) is 5.92 Å². The fourth-order valence-electron chi connectivity index (χ4n) is 2.63. The van der Waals surface area contributed by atoms with Gasteiger partial charge in [0, 0.05) is 22.5 Å². The summed E-state index contributed by atoms with van der Waals surface area (Å²) in [5, 5.41) is 4.63. The van der Waals surface area contributed by atoms with Crippen LogP contribution in [-0.4, -0.2) is 13.7 Å². The number of nitrogens with one attached hydrogen (secondary N) is 1. The minimum absolute atomic E-state index is 0.571. The second-order valence-electron chi connectivity index (χ2n) is 5.97. The maximum Gasteiger partial charge on any atom is 0.135 e. The normalized spacial score (nSPS) is 11.8. The quantitative estimate of drug-likeness (QED) is 0.816. The zero-order chi connectivity index (χ0) is 15.6. The molecular weight excluding hydrogens is 330 g/mol. The van der Waals surface area contributed by atoms with Gasteiger partial charge in [0.15, 0.2) is 0 Å². The first-order chi connectivity index (χ1) is 9.95. The number of rotatable bonds is 6. The van der Waals surface area contributed by atoms with Gasteiger partial charge in [-0.3, -0.25) is 0 Å². The van der Waals surface area contributed by atoms with Gasteiger partial charge in [-0.15, -0.1) is 0 Å². The molecule has 116 valence electrons. The molecule has 0 spiro atoms. The molecule has 0 unspecified atom stereocenters. The van der Waals surface area contributed by atoms with Crippen molar-refractivity contribution in [2.75, 3.05) is 13.7 Å². The SMILES string of the molecule is COCc1c(CNCC(C)C)oc2cc(C)c(Br)c(C)c12. The highest BCUT2D eigenvalue weighted by atomic mass is 79.9. The van der Waals surface area contributed by atoms with E-state index < -0.39 is 0 Å². The Labute approximate surface area is 135 Å². The van der Waals surface area contributed by atoms with Crippen LogP contribution in [0.5, 0.6) is 0 Å². The predicted octanol–water partition coefficient (Wildman–Crippen LogP) is 4.70. The van der Waals surface area contributed by atoms with Crippen LogP contribution in [0.4, 0.5) is 0 Å². The number of aryl methyl sites for hydroxylation is 2. The fraction of sp³-hybridized carbons (Fsp3) is 0.529. The standard InChI is InChI=1S/C17H24BrNO2/c1-10(2)7-19-8-15-13(9-20-5)16-12(4)17(18)11(3)6-14(16)21-15/h6,10,19H,7-9H2,1-5H3. The Hall–Kier alpha value is -0.840. The van der Waals surface area contributed by atoms with Gasteiger partial charge in [0.1, 0.15) is 11.3 Å². The van der Waals surface area contributed by atoms with E-state index >= 15 is 0 Å². The van der Waals surface area contributed by atoms with Crippen molar-refractivity contribution in [3.8, 4) is 0 Å². The summed E-state index contributed by atoms with van der Waals surface area (Å²) >= 11 is 3.67. The van der Waals surface area contributed by atoms with Crippen molar-refractivity contribution >= 4 is 26.9 Å². The zero-order valence-corrected chi connectivity index (χ0v) is 15.1. The molecule has 2 aromatic rings. The van der Waals surface area contributed by atoms with Gasteiger partial charge in [-0.05, 0) is 43.5 Å². The zero-order valence-electron chi connectivity index (χ0n) is 13.5. The molecule has 2 rings (SSSR count). The van der Waals surface area contributed by atoms with E-state index in [1.807, 2.05) is 0 Å². The van der Waals surface area contributed by atoms with Crippen LogP contribution in [0.2, 0.25) is 0 Å². The van der Waals surface area contributed by atoms with Crippen molar-refractivity contribution in [3.05, 3.63) is 33.0 Å². The number of hydrogen-bond donors (Lipinski definition) is 1. The molecule has 1 aromatic heterocycles. The lowest BCUT2D eigenvalue weighted by Crippen LogP contribution is -2.19. The summed E-state index contributed by atoms with van der Waals surface area (Å²) in [6.07, 6.45) is 0. The van der Waals surface area contributed by atoms with Gasteiger partial charge in [-0.25, -0.2) is 0 Å². The topological polar surface area (TPSA) is 34.4 Å². The van der Waals surface area contributed by atoms with E-state index in [1.165, 1.54) is 16.5 Å². The molecular formula is C17H24BrNO2. The van der Waals surface area contributed by atoms with Gasteiger partial charge < -0.3 is 14.5 Å². The highest BCUT2D eigenvalue weighted by molar-refractivity contribution is 9.10. The lowest BCUT2D eigenvalue weighted by molar-refractivity contribution is 0.183. The molecule has 1 heterocycles. The highest BCUT2D eigenvalue weighted by Gasteiger charge is 2.18. The van der Waals surface area contributed by atoms with Crippen molar-refractivity contribution in [3.63, 3.8) is 0 Å². The maximum atomic E-state index is 6.09. The van der Waals surface area contributed by atoms with E-state index in [2.05, 4.69) is 55.0 Å². The molecule has 0 saturated heterocycles. The minimum atomic E-state index is 0.571. The maximum absolute atomic E-state index is 6.09. The molecule has 0 bridgehead atoms. The summed E-state index contributed by atoms with van der Waals surface area (Å²) in [6.45, 7) is 10.9. The number of methoxy groups -OCH3 is 1. The fourth-order valence-corrected chi connectivity index (χ4v) is 2.94. The van der Waals surface area contributed by atoms with Gasteiger partial charge >= 0.3 is 0 Å². The third-order valence-corrected chi connectivity index (χ3v) is 4.86. The van der Waals surface area contributed by atoms with E-state index in [9.17, 15) is 0 Å². The lowest BCUT2D eigenvalue weighted by Gasteiger charge is -2.08. The van der Waals surface area contributed by atoms with E-state index in [-0.39, 0.29) is 0 Å².